The van der Waals surface area contributed by atoms with Crippen molar-refractivity contribution in [2.75, 3.05) is 12.3 Å². The zero-order valence-corrected chi connectivity index (χ0v) is 15.7. The van der Waals surface area contributed by atoms with Gasteiger partial charge in [-0.05, 0) is 19.1 Å². The first kappa shape index (κ1) is 17.4. The summed E-state index contributed by atoms with van der Waals surface area (Å²) in [7, 11) is 0. The van der Waals surface area contributed by atoms with Crippen LogP contribution in [0, 0.1) is 6.92 Å². The van der Waals surface area contributed by atoms with Crippen molar-refractivity contribution in [2.24, 2.45) is 0 Å². The summed E-state index contributed by atoms with van der Waals surface area (Å²) >= 11 is 1.65. The predicted octanol–water partition coefficient (Wildman–Crippen LogP) is 4.05. The molecule has 27 heavy (non-hydrogen) atoms. The Balaban J connectivity index is 1.38. The molecule has 0 saturated heterocycles. The van der Waals surface area contributed by atoms with Gasteiger partial charge in [0.15, 0.2) is 0 Å². The number of aromatic nitrogens is 2. The van der Waals surface area contributed by atoms with Gasteiger partial charge in [0.1, 0.15) is 0 Å². The molecule has 4 aromatic rings. The molecule has 0 radical (unpaired) electrons. The summed E-state index contributed by atoms with van der Waals surface area (Å²) in [6, 6.07) is 15.6. The van der Waals surface area contributed by atoms with Crippen LogP contribution in [0.4, 0.5) is 0 Å². The first-order valence-electron chi connectivity index (χ1n) is 8.74. The van der Waals surface area contributed by atoms with Crippen LogP contribution in [-0.2, 0) is 4.79 Å². The molecule has 0 spiro atoms. The standard InChI is InChI=1S/C21H19N3O2S/c1-13-19(15-7-3-5-9-17(15)24-13)20(25)21(26)22-10-11-27-18-12-23-16-8-4-2-6-14(16)18/h2-9,12,23-24H,10-11H2,1H3,(H,22,26). The maximum absolute atomic E-state index is 12.6. The minimum absolute atomic E-state index is 0.427. The maximum atomic E-state index is 12.6. The van der Waals surface area contributed by atoms with Crippen LogP contribution >= 0.6 is 11.8 Å². The number of ketones is 1. The van der Waals surface area contributed by atoms with Crippen LogP contribution in [0.2, 0.25) is 0 Å². The second kappa shape index (κ2) is 7.32. The number of aryl methyl sites for hydroxylation is 1. The normalized spacial score (nSPS) is 11.1. The quantitative estimate of drug-likeness (QED) is 0.205. The Morgan fingerprint density at radius 1 is 1.00 bits per heavy atom. The van der Waals surface area contributed by atoms with Gasteiger partial charge in [-0.15, -0.1) is 11.8 Å². The Morgan fingerprint density at radius 2 is 1.70 bits per heavy atom. The molecule has 0 saturated carbocycles. The fourth-order valence-corrected chi connectivity index (χ4v) is 4.15. The van der Waals surface area contributed by atoms with Crippen LogP contribution in [0.15, 0.2) is 59.6 Å². The zero-order chi connectivity index (χ0) is 18.8. The largest absolute Gasteiger partial charge is 0.360 e. The van der Waals surface area contributed by atoms with Crippen LogP contribution in [-0.4, -0.2) is 34.0 Å². The molecule has 6 heteroatoms. The second-order valence-corrected chi connectivity index (χ2v) is 7.44. The second-order valence-electron chi connectivity index (χ2n) is 6.30. The van der Waals surface area contributed by atoms with E-state index in [-0.39, 0.29) is 0 Å². The van der Waals surface area contributed by atoms with Gasteiger partial charge in [0.2, 0.25) is 0 Å². The highest BCUT2D eigenvalue weighted by atomic mass is 32.2. The number of nitrogens with one attached hydrogen (secondary N) is 3. The Kier molecular flexibility index (Phi) is 4.73. The molecule has 0 bridgehead atoms. The lowest BCUT2D eigenvalue weighted by Gasteiger charge is -2.05. The first-order chi connectivity index (χ1) is 13.1. The zero-order valence-electron chi connectivity index (χ0n) is 14.8. The van der Waals surface area contributed by atoms with E-state index in [4.69, 9.17) is 0 Å². The highest BCUT2D eigenvalue weighted by Gasteiger charge is 2.22. The molecule has 136 valence electrons. The topological polar surface area (TPSA) is 77.8 Å². The Hall–Kier alpha value is -2.99. The smallest absolute Gasteiger partial charge is 0.292 e. The van der Waals surface area contributed by atoms with E-state index >= 15 is 0 Å². The SMILES string of the molecule is Cc1[nH]c2ccccc2c1C(=O)C(=O)NCCSc1c[nH]c2ccccc12. The number of aromatic amines is 2. The molecule has 0 aliphatic rings. The van der Waals surface area contributed by atoms with Gasteiger partial charge in [0, 0.05) is 50.9 Å². The number of para-hydroxylation sites is 2. The average molecular weight is 377 g/mol. The molecular formula is C21H19N3O2S. The molecule has 4 rings (SSSR count). The van der Waals surface area contributed by atoms with Crippen LogP contribution in [0.5, 0.6) is 0 Å². The third-order valence-corrected chi connectivity index (χ3v) is 5.58. The van der Waals surface area contributed by atoms with Crippen molar-refractivity contribution in [3.05, 3.63) is 66.0 Å². The molecule has 5 nitrogen and oxygen atoms in total. The Labute approximate surface area is 160 Å². The molecule has 2 heterocycles. The molecule has 0 fully saturated rings. The number of amides is 1. The van der Waals surface area contributed by atoms with Gasteiger partial charge in [-0.2, -0.15) is 0 Å². The summed E-state index contributed by atoms with van der Waals surface area (Å²) in [5, 5.41) is 4.69. The summed E-state index contributed by atoms with van der Waals surface area (Å²) in [5.74, 6) is -0.377. The molecule has 2 aromatic heterocycles. The number of thioether (sulfide) groups is 1. The Bertz CT molecular complexity index is 1140. The van der Waals surface area contributed by atoms with E-state index in [1.54, 1.807) is 11.8 Å². The van der Waals surface area contributed by atoms with E-state index in [0.717, 1.165) is 21.3 Å². The molecule has 2 aromatic carbocycles. The third kappa shape index (κ3) is 3.36. The lowest BCUT2D eigenvalue weighted by atomic mass is 10.1. The van der Waals surface area contributed by atoms with Gasteiger partial charge in [0.25, 0.3) is 11.7 Å². The third-order valence-electron chi connectivity index (χ3n) is 4.52. The number of carbonyl (C=O) groups excluding carboxylic acids is 2. The minimum Gasteiger partial charge on any atom is -0.360 e. The molecular weight excluding hydrogens is 358 g/mol. The van der Waals surface area contributed by atoms with Crippen molar-refractivity contribution in [1.82, 2.24) is 15.3 Å². The van der Waals surface area contributed by atoms with Gasteiger partial charge in [-0.3, -0.25) is 9.59 Å². The van der Waals surface area contributed by atoms with Crippen molar-refractivity contribution in [2.45, 2.75) is 11.8 Å². The lowest BCUT2D eigenvalue weighted by Crippen LogP contribution is -2.32. The van der Waals surface area contributed by atoms with Crippen molar-refractivity contribution >= 4 is 45.3 Å². The van der Waals surface area contributed by atoms with Crippen molar-refractivity contribution in [3.8, 4) is 0 Å². The average Bonchev–Trinajstić information content (AvgIpc) is 3.24. The summed E-state index contributed by atoms with van der Waals surface area (Å²) < 4.78 is 0. The van der Waals surface area contributed by atoms with E-state index in [1.807, 2.05) is 55.6 Å². The fraction of sp³-hybridized carbons (Fsp3) is 0.143. The summed E-state index contributed by atoms with van der Waals surface area (Å²) in [4.78, 5) is 32.4. The van der Waals surface area contributed by atoms with Crippen molar-refractivity contribution in [1.29, 1.82) is 0 Å². The minimum atomic E-state index is -0.567. The molecule has 0 aliphatic heterocycles. The number of hydrogen-bond acceptors (Lipinski definition) is 3. The van der Waals surface area contributed by atoms with Gasteiger partial charge in [0.05, 0.1) is 5.56 Å². The summed E-state index contributed by atoms with van der Waals surface area (Å²) in [6.45, 7) is 2.24. The van der Waals surface area contributed by atoms with Gasteiger partial charge in [-0.25, -0.2) is 0 Å². The number of fused-ring (bicyclic) bond motifs is 2. The fourth-order valence-electron chi connectivity index (χ4n) is 3.25. The first-order valence-corrected chi connectivity index (χ1v) is 9.72. The van der Waals surface area contributed by atoms with Crippen LogP contribution in [0.3, 0.4) is 0 Å². The van der Waals surface area contributed by atoms with E-state index in [9.17, 15) is 9.59 Å². The maximum Gasteiger partial charge on any atom is 0.292 e. The number of Topliss-reactive ketones (excluding diaryl/α,β-unsaturated/α-hetero) is 1. The summed E-state index contributed by atoms with van der Waals surface area (Å²) in [6.07, 6.45) is 1.97. The summed E-state index contributed by atoms with van der Waals surface area (Å²) in [5.41, 5.74) is 3.12. The molecule has 3 N–H and O–H groups in total. The Morgan fingerprint density at radius 3 is 2.52 bits per heavy atom. The van der Waals surface area contributed by atoms with E-state index in [0.29, 0.717) is 23.6 Å². The van der Waals surface area contributed by atoms with E-state index in [1.165, 1.54) is 5.39 Å². The monoisotopic (exact) mass is 377 g/mol. The number of hydrogen-bond donors (Lipinski definition) is 3. The lowest BCUT2D eigenvalue weighted by molar-refractivity contribution is -0.116. The van der Waals surface area contributed by atoms with Crippen LogP contribution in [0.1, 0.15) is 16.1 Å². The van der Waals surface area contributed by atoms with Gasteiger partial charge in [-0.1, -0.05) is 36.4 Å². The number of rotatable bonds is 6. The molecule has 0 unspecified atom stereocenters. The van der Waals surface area contributed by atoms with Gasteiger partial charge < -0.3 is 15.3 Å². The van der Waals surface area contributed by atoms with E-state index < -0.39 is 11.7 Å². The number of carbonyl (C=O) groups is 2. The van der Waals surface area contributed by atoms with Crippen molar-refractivity contribution in [3.63, 3.8) is 0 Å². The molecule has 0 aliphatic carbocycles. The van der Waals surface area contributed by atoms with E-state index in [2.05, 4.69) is 21.4 Å². The van der Waals surface area contributed by atoms with Crippen LogP contribution in [0.25, 0.3) is 21.8 Å². The predicted molar refractivity (Wildman–Crippen MR) is 109 cm³/mol. The van der Waals surface area contributed by atoms with Gasteiger partial charge >= 0.3 is 0 Å². The molecule has 0 atom stereocenters. The number of H-pyrrole nitrogens is 2. The molecule has 1 amide bonds. The van der Waals surface area contributed by atoms with Crippen molar-refractivity contribution < 1.29 is 9.59 Å². The van der Waals surface area contributed by atoms with Crippen LogP contribution < -0.4 is 5.32 Å². The highest BCUT2D eigenvalue weighted by molar-refractivity contribution is 7.99. The number of benzene rings is 2. The highest BCUT2D eigenvalue weighted by Crippen LogP contribution is 2.27.